The number of rotatable bonds is 1. The number of nitrogens with zero attached hydrogens (tertiary/aromatic N) is 3. The average molecular weight is 263 g/mol. The van der Waals surface area contributed by atoms with Gasteiger partial charge in [-0.05, 0) is 12.1 Å². The number of hydrogen-bond donors (Lipinski definition) is 1. The first-order valence-electron chi connectivity index (χ1n) is 5.77. The number of hydrogen-bond acceptors (Lipinski definition) is 5. The second kappa shape index (κ2) is 4.17. The summed E-state index contributed by atoms with van der Waals surface area (Å²) in [6.07, 6.45) is 0. The molecule has 0 aliphatic heterocycles. The maximum absolute atomic E-state index is 12.5. The lowest BCUT2D eigenvalue weighted by Crippen LogP contribution is -2.20. The summed E-state index contributed by atoms with van der Waals surface area (Å²) < 4.78 is 0. The van der Waals surface area contributed by atoms with Crippen LogP contribution in [0.1, 0.15) is 31.8 Å². The van der Waals surface area contributed by atoms with Crippen LogP contribution < -0.4 is 0 Å². The number of diazo groups is 1. The Morgan fingerprint density at radius 1 is 0.950 bits per heavy atom. The number of fused-ring (bicyclic) bond motifs is 2. The predicted octanol–water partition coefficient (Wildman–Crippen LogP) is 3.61. The summed E-state index contributed by atoms with van der Waals surface area (Å²) in [5.41, 5.74) is 7.84. The lowest BCUT2D eigenvalue weighted by molar-refractivity contribution is 0.0980. The van der Waals surface area contributed by atoms with Crippen LogP contribution in [-0.4, -0.2) is 11.6 Å². The van der Waals surface area contributed by atoms with Gasteiger partial charge in [0.05, 0.1) is 11.3 Å². The smallest absolute Gasteiger partial charge is 0.288 e. The Bertz CT molecular complexity index is 834. The molecule has 0 saturated carbocycles. The summed E-state index contributed by atoms with van der Waals surface area (Å²) in [5, 5.41) is 12.2. The van der Waals surface area contributed by atoms with Gasteiger partial charge in [-0.1, -0.05) is 18.2 Å². The maximum atomic E-state index is 12.5. The van der Waals surface area contributed by atoms with Crippen molar-refractivity contribution in [2.24, 2.45) is 5.11 Å². The first-order valence-corrected chi connectivity index (χ1v) is 5.77. The van der Waals surface area contributed by atoms with Crippen molar-refractivity contribution in [3.8, 4) is 0 Å². The van der Waals surface area contributed by atoms with E-state index in [9.17, 15) is 9.59 Å². The van der Waals surface area contributed by atoms with Gasteiger partial charge in [-0.3, -0.25) is 9.59 Å². The van der Waals surface area contributed by atoms with Gasteiger partial charge in [0.25, 0.3) is 0 Å². The highest BCUT2D eigenvalue weighted by Gasteiger charge is 2.37. The Labute approximate surface area is 113 Å². The van der Waals surface area contributed by atoms with Crippen molar-refractivity contribution in [1.82, 2.24) is 0 Å². The van der Waals surface area contributed by atoms with Crippen LogP contribution in [0.4, 0.5) is 11.4 Å². The minimum Gasteiger partial charge on any atom is -0.288 e. The molecule has 0 atom stereocenters. The van der Waals surface area contributed by atoms with Gasteiger partial charge in [-0.25, -0.2) is 5.53 Å². The lowest BCUT2D eigenvalue weighted by Gasteiger charge is -2.16. The third kappa shape index (κ3) is 1.40. The molecule has 0 heterocycles. The highest BCUT2D eigenvalue weighted by atomic mass is 16.1. The first-order chi connectivity index (χ1) is 9.69. The molecule has 6 nitrogen and oxygen atoms in total. The Balaban J connectivity index is 2.40. The molecule has 0 radical (unpaired) electrons. The molecule has 1 aliphatic rings. The minimum absolute atomic E-state index is 0.0553. The molecule has 2 aromatic rings. The Morgan fingerprint density at radius 3 is 2.20 bits per heavy atom. The van der Waals surface area contributed by atoms with Gasteiger partial charge in [0.15, 0.2) is 10.8 Å². The van der Waals surface area contributed by atoms with Crippen LogP contribution in [0.5, 0.6) is 0 Å². The summed E-state index contributed by atoms with van der Waals surface area (Å²) in [6, 6.07) is 9.04. The highest BCUT2D eigenvalue weighted by Crippen LogP contribution is 2.36. The molecule has 20 heavy (non-hydrogen) atoms. The Kier molecular flexibility index (Phi) is 2.48. The normalized spacial score (nSPS) is 12.3. The van der Waals surface area contributed by atoms with Gasteiger partial charge in [0.2, 0.25) is 11.2 Å². The second-order valence-corrected chi connectivity index (χ2v) is 4.27. The van der Waals surface area contributed by atoms with Crippen LogP contribution in [0.15, 0.2) is 41.5 Å². The predicted molar refractivity (Wildman–Crippen MR) is 69.3 cm³/mol. The van der Waals surface area contributed by atoms with Crippen LogP contribution in [0.3, 0.4) is 0 Å². The van der Waals surface area contributed by atoms with E-state index in [-0.39, 0.29) is 33.6 Å². The fourth-order valence-electron chi connectivity index (χ4n) is 2.38. The average Bonchev–Trinajstić information content (AvgIpc) is 2.50. The largest absolute Gasteiger partial charge is 0.396 e. The zero-order chi connectivity index (χ0) is 14.3. The summed E-state index contributed by atoms with van der Waals surface area (Å²) in [6.45, 7) is 0. The van der Waals surface area contributed by atoms with Gasteiger partial charge in [0, 0.05) is 17.2 Å². The summed E-state index contributed by atoms with van der Waals surface area (Å²) >= 11 is 0. The van der Waals surface area contributed by atoms with Gasteiger partial charge in [-0.2, -0.15) is 5.11 Å². The summed E-state index contributed by atoms with van der Waals surface area (Å²) in [7, 11) is 0. The van der Waals surface area contributed by atoms with E-state index in [2.05, 4.69) is 10.1 Å². The Hall–Kier alpha value is -3.20. The third-order valence-corrected chi connectivity index (χ3v) is 3.26. The fraction of sp³-hybridized carbons (Fsp3) is 0. The molecular weight excluding hydrogens is 256 g/mol. The van der Waals surface area contributed by atoms with Crippen molar-refractivity contribution < 1.29 is 9.59 Å². The topological polar surface area (TPSA) is 98.5 Å². The fourth-order valence-corrected chi connectivity index (χ4v) is 2.38. The van der Waals surface area contributed by atoms with E-state index >= 15 is 0 Å². The van der Waals surface area contributed by atoms with Crippen LogP contribution in [0.25, 0.3) is 4.98 Å². The van der Waals surface area contributed by atoms with Gasteiger partial charge in [-0.15, -0.1) is 0 Å². The molecule has 94 valence electrons. The van der Waals surface area contributed by atoms with Gasteiger partial charge >= 0.3 is 5.69 Å². The molecule has 3 rings (SSSR count). The van der Waals surface area contributed by atoms with Crippen LogP contribution in [0, 0.1) is 10.9 Å². The molecule has 0 unspecified atom stereocenters. The van der Waals surface area contributed by atoms with E-state index in [0.29, 0.717) is 0 Å². The van der Waals surface area contributed by atoms with Crippen LogP contribution in [0.2, 0.25) is 0 Å². The number of ketones is 2. The number of carbonyl (C=O) groups excluding carboxylic acids is 2. The van der Waals surface area contributed by atoms with Gasteiger partial charge in [0.1, 0.15) is 5.56 Å². The second-order valence-electron chi connectivity index (χ2n) is 4.27. The number of benzene rings is 2. The quantitative estimate of drug-likeness (QED) is 0.536. The molecule has 2 aromatic carbocycles. The van der Waals surface area contributed by atoms with E-state index < -0.39 is 11.6 Å². The van der Waals surface area contributed by atoms with E-state index in [1.165, 1.54) is 30.3 Å². The molecule has 0 aromatic heterocycles. The lowest BCUT2D eigenvalue weighted by atomic mass is 9.82. The minimum atomic E-state index is -0.409. The van der Waals surface area contributed by atoms with Crippen LogP contribution >= 0.6 is 0 Å². The van der Waals surface area contributed by atoms with Gasteiger partial charge < -0.3 is 0 Å². The molecule has 6 heteroatoms. The van der Waals surface area contributed by atoms with Crippen molar-refractivity contribution in [2.45, 2.75) is 0 Å². The van der Waals surface area contributed by atoms with Crippen molar-refractivity contribution in [3.05, 3.63) is 63.6 Å². The molecule has 0 amide bonds. The molecule has 1 N–H and O–H groups in total. The monoisotopic (exact) mass is 263 g/mol. The van der Waals surface area contributed by atoms with E-state index in [1.807, 2.05) is 0 Å². The number of nitrogens with one attached hydrogen (secondary N) is 1. The Morgan fingerprint density at radius 2 is 1.55 bits per heavy atom. The maximum Gasteiger partial charge on any atom is 0.396 e. The van der Waals surface area contributed by atoms with Crippen molar-refractivity contribution in [1.29, 1.82) is 10.9 Å². The summed E-state index contributed by atoms with van der Waals surface area (Å²) in [5.74, 6) is -0.805. The van der Waals surface area contributed by atoms with Crippen molar-refractivity contribution in [3.63, 3.8) is 0 Å². The molecule has 0 saturated heterocycles. The van der Waals surface area contributed by atoms with Crippen molar-refractivity contribution >= 4 is 22.9 Å². The highest BCUT2D eigenvalue weighted by molar-refractivity contribution is 6.31. The third-order valence-electron chi connectivity index (χ3n) is 3.26. The van der Waals surface area contributed by atoms with E-state index in [4.69, 9.17) is 10.9 Å². The standard InChI is InChI=1S/C14H7N4O2/c15-17-9-5-1-3-7-11(9)14(20)8-4-2-6-10(18-16)12(8)13(7)19/h1-6,15H/q+1. The van der Waals surface area contributed by atoms with Crippen LogP contribution in [-0.2, 0) is 0 Å². The van der Waals surface area contributed by atoms with E-state index in [0.717, 1.165) is 0 Å². The molecule has 0 bridgehead atoms. The molecule has 0 spiro atoms. The summed E-state index contributed by atoms with van der Waals surface area (Å²) in [4.78, 5) is 28.0. The SMILES string of the molecule is N#[N+]c1cccc2c1C(=O)c1cccc(N=N)c1C2=O. The zero-order valence-electron chi connectivity index (χ0n) is 10.1. The van der Waals surface area contributed by atoms with E-state index in [1.54, 1.807) is 6.07 Å². The first kappa shape index (κ1) is 11.9. The molecule has 0 fully saturated rings. The van der Waals surface area contributed by atoms with Crippen molar-refractivity contribution in [2.75, 3.05) is 0 Å². The number of carbonyl (C=O) groups is 2. The molecular formula is C14H7N4O2+. The molecule has 1 aliphatic carbocycles. The zero-order valence-corrected chi connectivity index (χ0v) is 10.1.